The number of aliphatic hydroxyl groups is 2. The minimum atomic E-state index is -0.973. The number of fused-ring (bicyclic) bond motifs is 1. The Labute approximate surface area is 147 Å². The van der Waals surface area contributed by atoms with Crippen molar-refractivity contribution in [3.05, 3.63) is 11.3 Å². The third kappa shape index (κ3) is 3.19. The van der Waals surface area contributed by atoms with Crippen molar-refractivity contribution in [3.63, 3.8) is 0 Å². The molecule has 2 aliphatic carbocycles. The Kier molecular flexibility index (Phi) is 4.77. The predicted molar refractivity (Wildman–Crippen MR) is 91.0 cm³/mol. The fourth-order valence-electron chi connectivity index (χ4n) is 3.93. The van der Waals surface area contributed by atoms with Crippen molar-refractivity contribution in [2.75, 3.05) is 38.2 Å². The first-order valence-electron chi connectivity index (χ1n) is 9.08. The summed E-state index contributed by atoms with van der Waals surface area (Å²) in [5, 5.41) is 23.7. The third-order valence-corrected chi connectivity index (χ3v) is 5.43. The fraction of sp³-hybridized carbons (Fsp3) is 0.765. The molecule has 2 heterocycles. The van der Waals surface area contributed by atoms with Gasteiger partial charge in [-0.1, -0.05) is 0 Å². The highest BCUT2D eigenvalue weighted by molar-refractivity contribution is 5.43. The van der Waals surface area contributed by atoms with Gasteiger partial charge in [-0.05, 0) is 19.3 Å². The summed E-state index contributed by atoms with van der Waals surface area (Å²) in [5.74, 6) is 1.26. The van der Waals surface area contributed by atoms with Crippen LogP contribution in [0.2, 0.25) is 0 Å². The molecule has 2 fully saturated rings. The average Bonchev–Trinajstić information content (AvgIpc) is 3.22. The normalized spacial score (nSPS) is 32.0. The van der Waals surface area contributed by atoms with Crippen LogP contribution >= 0.6 is 0 Å². The maximum Gasteiger partial charge on any atom is 0.228 e. The number of hydrogen-bond donors (Lipinski definition) is 3. The van der Waals surface area contributed by atoms with E-state index in [2.05, 4.69) is 15.2 Å². The van der Waals surface area contributed by atoms with Crippen molar-refractivity contribution in [2.45, 2.75) is 50.1 Å². The molecule has 1 aliphatic heterocycles. The Morgan fingerprint density at radius 2 is 1.84 bits per heavy atom. The highest BCUT2D eigenvalue weighted by Crippen LogP contribution is 2.33. The summed E-state index contributed by atoms with van der Waals surface area (Å²) < 4.78 is 11.3. The van der Waals surface area contributed by atoms with Crippen LogP contribution in [0, 0.1) is 0 Å². The first-order chi connectivity index (χ1) is 12.2. The van der Waals surface area contributed by atoms with Gasteiger partial charge in [-0.25, -0.2) is 4.98 Å². The van der Waals surface area contributed by atoms with Gasteiger partial charge in [0.05, 0.1) is 11.8 Å². The highest BCUT2D eigenvalue weighted by atomic mass is 16.5. The lowest BCUT2D eigenvalue weighted by molar-refractivity contribution is -0.0486. The molecule has 0 spiro atoms. The Hall–Kier alpha value is -1.48. The minimum absolute atomic E-state index is 0.414. The van der Waals surface area contributed by atoms with E-state index in [1.54, 1.807) is 0 Å². The number of aliphatic hydroxyl groups excluding tert-OH is 2. The Balaban J connectivity index is 1.59. The van der Waals surface area contributed by atoms with Gasteiger partial charge in [-0.15, -0.1) is 0 Å². The molecular weight excluding hydrogens is 324 g/mol. The second kappa shape index (κ2) is 7.03. The van der Waals surface area contributed by atoms with E-state index in [0.717, 1.165) is 56.7 Å². The van der Waals surface area contributed by atoms with Crippen LogP contribution < -0.4 is 15.0 Å². The Bertz CT molecular complexity index is 623. The number of aromatic nitrogens is 2. The summed E-state index contributed by atoms with van der Waals surface area (Å²) >= 11 is 0. The number of aryl methyl sites for hydroxylation is 1. The van der Waals surface area contributed by atoms with Crippen molar-refractivity contribution >= 4 is 5.95 Å². The highest BCUT2D eigenvalue weighted by Gasteiger charge is 2.44. The van der Waals surface area contributed by atoms with Gasteiger partial charge in [-0.2, -0.15) is 4.98 Å². The third-order valence-electron chi connectivity index (χ3n) is 5.43. The molecule has 8 nitrogen and oxygen atoms in total. The van der Waals surface area contributed by atoms with Gasteiger partial charge in [0.15, 0.2) is 0 Å². The van der Waals surface area contributed by atoms with Crippen LogP contribution in [0.4, 0.5) is 5.95 Å². The van der Waals surface area contributed by atoms with Crippen LogP contribution in [0.5, 0.6) is 5.88 Å². The molecule has 3 aliphatic rings. The second-order valence-corrected chi connectivity index (χ2v) is 6.99. The molecule has 1 saturated heterocycles. The number of hydrogen-bond acceptors (Lipinski definition) is 8. The fourth-order valence-corrected chi connectivity index (χ4v) is 3.93. The minimum Gasteiger partial charge on any atom is -0.471 e. The first kappa shape index (κ1) is 17.0. The number of methoxy groups -OCH3 is 1. The molecule has 1 saturated carbocycles. The maximum absolute atomic E-state index is 10.3. The molecule has 0 radical (unpaired) electrons. The zero-order chi connectivity index (χ0) is 17.4. The van der Waals surface area contributed by atoms with Gasteiger partial charge in [0, 0.05) is 45.3 Å². The van der Waals surface area contributed by atoms with Gasteiger partial charge in [0.2, 0.25) is 11.8 Å². The smallest absolute Gasteiger partial charge is 0.228 e. The van der Waals surface area contributed by atoms with Gasteiger partial charge in [0.25, 0.3) is 0 Å². The van der Waals surface area contributed by atoms with Gasteiger partial charge >= 0.3 is 0 Å². The lowest BCUT2D eigenvalue weighted by atomic mass is 10.2. The number of nitrogens with zero attached hydrogens (tertiary/aromatic N) is 3. The van der Waals surface area contributed by atoms with Crippen molar-refractivity contribution in [1.29, 1.82) is 0 Å². The standard InChI is InChI=1S/C17H26N4O4/c1-24-12-9-13(15(23)14(12)22)25-16-10-3-2-4-11(10)19-17(20-16)21-7-5-18-6-8-21/h12-15,18,22-23H,2-9H2,1H3. The predicted octanol–water partition coefficient (Wildman–Crippen LogP) is -0.737. The van der Waals surface area contributed by atoms with Crippen LogP contribution in [0.25, 0.3) is 0 Å². The first-order valence-corrected chi connectivity index (χ1v) is 9.08. The summed E-state index contributed by atoms with van der Waals surface area (Å²) in [7, 11) is 1.54. The number of ether oxygens (including phenoxy) is 2. The average molecular weight is 350 g/mol. The van der Waals surface area contributed by atoms with E-state index in [-0.39, 0.29) is 0 Å². The van der Waals surface area contributed by atoms with Crippen LogP contribution in [0.3, 0.4) is 0 Å². The van der Waals surface area contributed by atoms with Crippen LogP contribution in [-0.2, 0) is 17.6 Å². The maximum atomic E-state index is 10.3. The van der Waals surface area contributed by atoms with Gasteiger partial charge in [-0.3, -0.25) is 0 Å². The molecule has 4 unspecified atom stereocenters. The van der Waals surface area contributed by atoms with Crippen LogP contribution in [0.15, 0.2) is 0 Å². The zero-order valence-electron chi connectivity index (χ0n) is 14.5. The van der Waals surface area contributed by atoms with Crippen LogP contribution in [-0.4, -0.2) is 77.9 Å². The number of anilines is 1. The number of piperazine rings is 1. The van der Waals surface area contributed by atoms with E-state index in [0.29, 0.717) is 18.2 Å². The lowest BCUT2D eigenvalue weighted by Crippen LogP contribution is -2.44. The molecule has 25 heavy (non-hydrogen) atoms. The van der Waals surface area contributed by atoms with E-state index in [9.17, 15) is 10.2 Å². The second-order valence-electron chi connectivity index (χ2n) is 6.99. The summed E-state index contributed by atoms with van der Waals surface area (Å²) in [6.45, 7) is 3.57. The SMILES string of the molecule is COC1CC(Oc2nc(N3CCNCC3)nc3c2CCC3)C(O)C1O. The quantitative estimate of drug-likeness (QED) is 0.653. The topological polar surface area (TPSA) is 100.0 Å². The molecule has 3 N–H and O–H groups in total. The number of nitrogens with one attached hydrogen (secondary N) is 1. The monoisotopic (exact) mass is 350 g/mol. The largest absolute Gasteiger partial charge is 0.471 e. The molecule has 8 heteroatoms. The zero-order valence-corrected chi connectivity index (χ0v) is 14.5. The molecule has 4 atom stereocenters. The molecule has 138 valence electrons. The van der Waals surface area contributed by atoms with E-state index in [4.69, 9.17) is 14.5 Å². The molecule has 0 bridgehead atoms. The molecule has 4 rings (SSSR count). The summed E-state index contributed by atoms with van der Waals surface area (Å²) in [6.07, 6.45) is 0.479. The molecule has 0 amide bonds. The van der Waals surface area contributed by atoms with Crippen LogP contribution in [0.1, 0.15) is 24.1 Å². The summed E-state index contributed by atoms with van der Waals surface area (Å²) in [6, 6.07) is 0. The van der Waals surface area contributed by atoms with Gasteiger partial charge < -0.3 is 29.9 Å². The van der Waals surface area contributed by atoms with E-state index >= 15 is 0 Å². The van der Waals surface area contributed by atoms with E-state index in [1.165, 1.54) is 7.11 Å². The van der Waals surface area contributed by atoms with E-state index in [1.807, 2.05) is 0 Å². The van der Waals surface area contributed by atoms with Crippen molar-refractivity contribution in [3.8, 4) is 5.88 Å². The van der Waals surface area contributed by atoms with Crippen molar-refractivity contribution < 1.29 is 19.7 Å². The molecule has 0 aromatic carbocycles. The summed E-state index contributed by atoms with van der Waals surface area (Å²) in [5.41, 5.74) is 2.09. The Morgan fingerprint density at radius 3 is 2.56 bits per heavy atom. The lowest BCUT2D eigenvalue weighted by Gasteiger charge is -2.28. The number of rotatable bonds is 4. The van der Waals surface area contributed by atoms with Gasteiger partial charge in [0.1, 0.15) is 18.3 Å². The van der Waals surface area contributed by atoms with Crippen molar-refractivity contribution in [1.82, 2.24) is 15.3 Å². The Morgan fingerprint density at radius 1 is 1.08 bits per heavy atom. The summed E-state index contributed by atoms with van der Waals surface area (Å²) in [4.78, 5) is 11.6. The van der Waals surface area contributed by atoms with E-state index < -0.39 is 24.4 Å². The molecule has 1 aromatic rings. The molecule has 1 aromatic heterocycles. The van der Waals surface area contributed by atoms with Crippen molar-refractivity contribution in [2.24, 2.45) is 0 Å². The molecular formula is C17H26N4O4.